The van der Waals surface area contributed by atoms with E-state index < -0.39 is 11.2 Å². The number of aliphatic hydroxyl groups is 1. The first-order chi connectivity index (χ1) is 16.9. The molecule has 0 spiro atoms. The lowest BCUT2D eigenvalue weighted by Gasteiger charge is -2.35. The summed E-state index contributed by atoms with van der Waals surface area (Å²) >= 11 is 0.464. The van der Waals surface area contributed by atoms with Crippen molar-refractivity contribution in [1.29, 1.82) is 0 Å². The summed E-state index contributed by atoms with van der Waals surface area (Å²) in [6.45, 7) is 7.07. The van der Waals surface area contributed by atoms with Crippen molar-refractivity contribution in [3.63, 3.8) is 0 Å². The average Bonchev–Trinajstić information content (AvgIpc) is 3.50. The number of nitrogens with zero attached hydrogens (tertiary/aromatic N) is 5. The summed E-state index contributed by atoms with van der Waals surface area (Å²) in [5.74, 6) is 1.72. The van der Waals surface area contributed by atoms with Gasteiger partial charge in [0.1, 0.15) is 17.3 Å². The van der Waals surface area contributed by atoms with Gasteiger partial charge in [-0.2, -0.15) is 4.98 Å². The molecule has 1 saturated heterocycles. The van der Waals surface area contributed by atoms with E-state index in [0.717, 1.165) is 48.3 Å². The van der Waals surface area contributed by atoms with Crippen LogP contribution in [0.4, 0.5) is 21.3 Å². The van der Waals surface area contributed by atoms with Crippen molar-refractivity contribution < 1.29 is 14.0 Å². The second kappa shape index (κ2) is 10.3. The van der Waals surface area contributed by atoms with Gasteiger partial charge in [-0.05, 0) is 41.4 Å². The van der Waals surface area contributed by atoms with E-state index in [1.807, 2.05) is 19.2 Å². The molecular formula is C24H29FN6O2S2. The number of aliphatic hydroxyl groups excluding tert-OH is 1. The fourth-order valence-electron chi connectivity index (χ4n) is 4.28. The Bertz CT molecular complexity index is 1170. The molecule has 4 heterocycles. The number of aromatic nitrogens is 3. The van der Waals surface area contributed by atoms with E-state index in [1.165, 1.54) is 12.1 Å². The Morgan fingerprint density at radius 1 is 1.11 bits per heavy atom. The van der Waals surface area contributed by atoms with Crippen LogP contribution in [0.25, 0.3) is 11.3 Å². The number of hydrogen-bond acceptors (Lipinski definition) is 9. The smallest absolute Gasteiger partial charge is 0.228 e. The topological polar surface area (TPSA) is 100 Å². The Labute approximate surface area is 211 Å². The van der Waals surface area contributed by atoms with Crippen molar-refractivity contribution >= 4 is 39.4 Å². The van der Waals surface area contributed by atoms with E-state index in [-0.39, 0.29) is 24.4 Å². The molecule has 1 aromatic carbocycles. The maximum atomic E-state index is 13.2. The van der Waals surface area contributed by atoms with Gasteiger partial charge in [-0.25, -0.2) is 14.4 Å². The monoisotopic (exact) mass is 516 g/mol. The van der Waals surface area contributed by atoms with Crippen LogP contribution in [0.2, 0.25) is 0 Å². The molecule has 11 heteroatoms. The van der Waals surface area contributed by atoms with E-state index in [0.29, 0.717) is 28.8 Å². The van der Waals surface area contributed by atoms with Gasteiger partial charge < -0.3 is 24.8 Å². The Kier molecular flexibility index (Phi) is 7.10. The fourth-order valence-corrected chi connectivity index (χ4v) is 6.48. The Morgan fingerprint density at radius 2 is 1.83 bits per heavy atom. The number of thiazole rings is 1. The van der Waals surface area contributed by atoms with Gasteiger partial charge in [-0.1, -0.05) is 13.8 Å². The zero-order valence-corrected chi connectivity index (χ0v) is 21.4. The third-order valence-corrected chi connectivity index (χ3v) is 8.83. The summed E-state index contributed by atoms with van der Waals surface area (Å²) in [6.07, 6.45) is 0.670. The first-order valence-electron chi connectivity index (χ1n) is 11.8. The van der Waals surface area contributed by atoms with Crippen LogP contribution in [0.3, 0.4) is 0 Å². The SMILES string of the molecule is CC(C)C(CO)Nc1nc(N2CCN(c3nc(-c4ccc(F)cc4)cs3)CC2)nc2c1[S+]([O-])CC2. The summed E-state index contributed by atoms with van der Waals surface area (Å²) in [5, 5.41) is 16.1. The zero-order chi connectivity index (χ0) is 24.5. The minimum atomic E-state index is -1.12. The van der Waals surface area contributed by atoms with Crippen molar-refractivity contribution in [1.82, 2.24) is 15.0 Å². The molecule has 5 rings (SSSR count). The Morgan fingerprint density at radius 3 is 2.51 bits per heavy atom. The lowest BCUT2D eigenvalue weighted by molar-refractivity contribution is 0.248. The van der Waals surface area contributed by atoms with Gasteiger partial charge in [0.25, 0.3) is 0 Å². The maximum absolute atomic E-state index is 13.2. The highest BCUT2D eigenvalue weighted by Gasteiger charge is 2.34. The standard InChI is InChI=1S/C24H29FN6O2S2/c1-15(2)19(13-32)26-22-21-18(7-12-35(21)33)27-23(29-22)30-8-10-31(11-9-30)24-28-20(14-34-24)16-3-5-17(25)6-4-16/h3-6,14-15,19,32H,7-13H2,1-2H3,(H,26,27,29). The fraction of sp³-hybridized carbons (Fsp3) is 0.458. The molecule has 0 aliphatic carbocycles. The second-order valence-corrected chi connectivity index (χ2v) is 11.5. The van der Waals surface area contributed by atoms with Crippen molar-refractivity contribution in [3.8, 4) is 11.3 Å². The molecular weight excluding hydrogens is 487 g/mol. The summed E-state index contributed by atoms with van der Waals surface area (Å²) in [6, 6.07) is 6.22. The van der Waals surface area contributed by atoms with Crippen LogP contribution in [0.1, 0.15) is 19.5 Å². The third-order valence-electron chi connectivity index (χ3n) is 6.46. The van der Waals surface area contributed by atoms with Crippen molar-refractivity contribution in [3.05, 3.63) is 41.2 Å². The minimum Gasteiger partial charge on any atom is -0.611 e. The van der Waals surface area contributed by atoms with Crippen LogP contribution in [0.15, 0.2) is 34.5 Å². The number of halogens is 1. The van der Waals surface area contributed by atoms with Crippen molar-refractivity contribution in [2.75, 3.05) is 53.7 Å². The van der Waals surface area contributed by atoms with E-state index in [1.54, 1.807) is 23.5 Å². The van der Waals surface area contributed by atoms with Crippen molar-refractivity contribution in [2.45, 2.75) is 31.2 Å². The summed E-state index contributed by atoms with van der Waals surface area (Å²) in [4.78, 5) is 19.4. The molecule has 3 aromatic rings. The van der Waals surface area contributed by atoms with Crippen LogP contribution < -0.4 is 15.1 Å². The van der Waals surface area contributed by atoms with Crippen LogP contribution in [0, 0.1) is 11.7 Å². The van der Waals surface area contributed by atoms with Crippen LogP contribution >= 0.6 is 11.3 Å². The van der Waals surface area contributed by atoms with Gasteiger partial charge in [-0.15, -0.1) is 11.3 Å². The molecule has 0 bridgehead atoms. The van der Waals surface area contributed by atoms with Crippen LogP contribution in [0.5, 0.6) is 0 Å². The number of fused-ring (bicyclic) bond motifs is 1. The molecule has 2 atom stereocenters. The van der Waals surface area contributed by atoms with E-state index in [2.05, 4.69) is 15.1 Å². The number of piperazine rings is 1. The molecule has 2 N–H and O–H groups in total. The number of benzene rings is 1. The highest BCUT2D eigenvalue weighted by atomic mass is 32.2. The number of nitrogens with one attached hydrogen (secondary N) is 1. The quantitative estimate of drug-likeness (QED) is 0.462. The zero-order valence-electron chi connectivity index (χ0n) is 19.8. The molecule has 1 fully saturated rings. The van der Waals surface area contributed by atoms with Gasteiger partial charge in [0, 0.05) is 43.5 Å². The van der Waals surface area contributed by atoms with Gasteiger partial charge >= 0.3 is 0 Å². The molecule has 0 saturated carbocycles. The Balaban J connectivity index is 1.30. The Hall–Kier alpha value is -2.47. The van der Waals surface area contributed by atoms with Gasteiger partial charge in [0.15, 0.2) is 10.9 Å². The molecule has 2 aliphatic heterocycles. The predicted octanol–water partition coefficient (Wildman–Crippen LogP) is 3.16. The molecule has 35 heavy (non-hydrogen) atoms. The van der Waals surface area contributed by atoms with Crippen LogP contribution in [-0.4, -0.2) is 69.2 Å². The average molecular weight is 517 g/mol. The van der Waals surface area contributed by atoms with Gasteiger partial charge in [0.05, 0.1) is 18.3 Å². The first kappa shape index (κ1) is 24.2. The predicted molar refractivity (Wildman–Crippen MR) is 138 cm³/mol. The molecule has 2 unspecified atom stereocenters. The molecule has 8 nitrogen and oxygen atoms in total. The van der Waals surface area contributed by atoms with E-state index >= 15 is 0 Å². The highest BCUT2D eigenvalue weighted by Crippen LogP contribution is 2.34. The summed E-state index contributed by atoms with van der Waals surface area (Å²) in [7, 11) is 0. The summed E-state index contributed by atoms with van der Waals surface area (Å²) in [5.41, 5.74) is 2.59. The van der Waals surface area contributed by atoms with Gasteiger partial charge in [0.2, 0.25) is 10.8 Å². The largest absolute Gasteiger partial charge is 0.611 e. The molecule has 186 valence electrons. The van der Waals surface area contributed by atoms with Gasteiger partial charge in [-0.3, -0.25) is 0 Å². The third kappa shape index (κ3) is 5.09. The highest BCUT2D eigenvalue weighted by molar-refractivity contribution is 7.91. The molecule has 2 aliphatic rings. The first-order valence-corrected chi connectivity index (χ1v) is 14.0. The number of anilines is 3. The number of rotatable bonds is 7. The minimum absolute atomic E-state index is 0.0230. The number of aryl methyl sites for hydroxylation is 1. The number of hydrogen-bond donors (Lipinski definition) is 2. The maximum Gasteiger partial charge on any atom is 0.228 e. The van der Waals surface area contributed by atoms with E-state index in [9.17, 15) is 14.0 Å². The van der Waals surface area contributed by atoms with E-state index in [4.69, 9.17) is 15.0 Å². The molecule has 2 aromatic heterocycles. The summed E-state index contributed by atoms with van der Waals surface area (Å²) < 4.78 is 25.9. The normalized spacial score (nSPS) is 18.7. The lowest BCUT2D eigenvalue weighted by atomic mass is 10.1. The second-order valence-electron chi connectivity index (χ2n) is 9.12. The molecule has 0 radical (unpaired) electrons. The van der Waals surface area contributed by atoms with Crippen LogP contribution in [-0.2, 0) is 17.6 Å². The molecule has 0 amide bonds. The van der Waals surface area contributed by atoms with Crippen molar-refractivity contribution in [2.24, 2.45) is 5.92 Å². The lowest BCUT2D eigenvalue weighted by Crippen LogP contribution is -2.47.